The molecule has 0 saturated heterocycles. The highest BCUT2D eigenvalue weighted by molar-refractivity contribution is 5.70. The van der Waals surface area contributed by atoms with Crippen molar-refractivity contribution in [1.82, 2.24) is 4.90 Å². The zero-order valence-corrected chi connectivity index (χ0v) is 32.8. The van der Waals surface area contributed by atoms with E-state index in [1.165, 1.54) is 44.9 Å². The van der Waals surface area contributed by atoms with E-state index in [4.69, 9.17) is 23.7 Å². The number of carbonyl (C=O) groups is 4. The second kappa shape index (κ2) is 35.1. The molecule has 0 amide bonds. The smallest absolute Gasteiger partial charge is 0.465 e. The van der Waals surface area contributed by atoms with Gasteiger partial charge in [-0.05, 0) is 57.5 Å². The standard InChI is InChI=1S/C40H75NO9/c1-6-11-14-16-17-20-26-38(43)48-32-36(34-50-40(45)46-30-23-29-41(9-4)10-5)33-49-39(44)28-22-18-21-27-37(42)47-31-35(24-13-8-3)25-19-15-12-7-2/h35-36H,6-34H2,1-5H3. The summed E-state index contributed by atoms with van der Waals surface area (Å²) >= 11 is 0. The fourth-order valence-electron chi connectivity index (χ4n) is 5.63. The second-order valence-corrected chi connectivity index (χ2v) is 13.6. The summed E-state index contributed by atoms with van der Waals surface area (Å²) in [5.41, 5.74) is 0. The molecule has 0 bridgehead atoms. The van der Waals surface area contributed by atoms with E-state index in [2.05, 4.69) is 39.5 Å². The molecule has 0 aliphatic carbocycles. The Morgan fingerprint density at radius 1 is 0.440 bits per heavy atom. The van der Waals surface area contributed by atoms with Crippen molar-refractivity contribution in [3.05, 3.63) is 0 Å². The van der Waals surface area contributed by atoms with Gasteiger partial charge in [-0.2, -0.15) is 0 Å². The van der Waals surface area contributed by atoms with Gasteiger partial charge < -0.3 is 28.6 Å². The zero-order chi connectivity index (χ0) is 37.1. The lowest BCUT2D eigenvalue weighted by Gasteiger charge is -2.18. The van der Waals surface area contributed by atoms with E-state index in [0.717, 1.165) is 64.6 Å². The lowest BCUT2D eigenvalue weighted by Crippen LogP contribution is -2.27. The molecular weight excluding hydrogens is 638 g/mol. The molecule has 0 aromatic carbocycles. The monoisotopic (exact) mass is 714 g/mol. The van der Waals surface area contributed by atoms with Crippen LogP contribution in [0.1, 0.15) is 169 Å². The fraction of sp³-hybridized carbons (Fsp3) is 0.900. The van der Waals surface area contributed by atoms with Crippen LogP contribution in [0.3, 0.4) is 0 Å². The first kappa shape index (κ1) is 47.6. The van der Waals surface area contributed by atoms with Gasteiger partial charge in [0.15, 0.2) is 0 Å². The molecule has 10 heteroatoms. The Kier molecular flexibility index (Phi) is 33.4. The first-order chi connectivity index (χ1) is 24.3. The molecule has 0 radical (unpaired) electrons. The number of esters is 3. The first-order valence-corrected chi connectivity index (χ1v) is 20.3. The number of hydrogen-bond acceptors (Lipinski definition) is 10. The maximum atomic E-state index is 12.5. The molecule has 0 aliphatic rings. The third-order valence-electron chi connectivity index (χ3n) is 9.04. The molecule has 0 fully saturated rings. The van der Waals surface area contributed by atoms with Crippen molar-refractivity contribution < 1.29 is 42.9 Å². The average Bonchev–Trinajstić information content (AvgIpc) is 3.11. The molecule has 10 nitrogen and oxygen atoms in total. The summed E-state index contributed by atoms with van der Waals surface area (Å²) in [6, 6.07) is 0. The number of nitrogens with zero attached hydrogens (tertiary/aromatic N) is 1. The normalized spacial score (nSPS) is 12.4. The fourth-order valence-corrected chi connectivity index (χ4v) is 5.63. The van der Waals surface area contributed by atoms with Crippen molar-refractivity contribution >= 4 is 24.1 Å². The van der Waals surface area contributed by atoms with Crippen molar-refractivity contribution in [1.29, 1.82) is 0 Å². The lowest BCUT2D eigenvalue weighted by molar-refractivity contribution is -0.150. The van der Waals surface area contributed by atoms with Crippen LogP contribution in [0.2, 0.25) is 0 Å². The molecule has 2 unspecified atom stereocenters. The number of unbranched alkanes of at least 4 members (excludes halogenated alkanes) is 11. The minimum absolute atomic E-state index is 0.0165. The highest BCUT2D eigenvalue weighted by atomic mass is 16.7. The second-order valence-electron chi connectivity index (χ2n) is 13.6. The van der Waals surface area contributed by atoms with Gasteiger partial charge in [0.1, 0.15) is 19.8 Å². The molecule has 0 aliphatic heterocycles. The van der Waals surface area contributed by atoms with Gasteiger partial charge in [0.25, 0.3) is 0 Å². The molecule has 50 heavy (non-hydrogen) atoms. The van der Waals surface area contributed by atoms with Gasteiger partial charge in [-0.1, -0.05) is 112 Å². The average molecular weight is 714 g/mol. The van der Waals surface area contributed by atoms with Crippen molar-refractivity contribution in [3.63, 3.8) is 0 Å². The minimum atomic E-state index is -0.791. The van der Waals surface area contributed by atoms with Crippen LogP contribution < -0.4 is 0 Å². The molecule has 0 spiro atoms. The molecular formula is C40H75NO9. The lowest BCUT2D eigenvalue weighted by atomic mass is 9.96. The Bertz CT molecular complexity index is 834. The van der Waals surface area contributed by atoms with Crippen molar-refractivity contribution in [2.45, 2.75) is 169 Å². The summed E-state index contributed by atoms with van der Waals surface area (Å²) in [4.78, 5) is 51.6. The van der Waals surface area contributed by atoms with Crippen molar-refractivity contribution in [2.24, 2.45) is 11.8 Å². The van der Waals surface area contributed by atoms with Gasteiger partial charge in [0.2, 0.25) is 0 Å². The summed E-state index contributed by atoms with van der Waals surface area (Å²) < 4.78 is 27.0. The van der Waals surface area contributed by atoms with Gasteiger partial charge in [0.05, 0.1) is 19.1 Å². The van der Waals surface area contributed by atoms with Gasteiger partial charge in [-0.15, -0.1) is 0 Å². The summed E-state index contributed by atoms with van der Waals surface area (Å²) in [5, 5.41) is 0. The molecule has 0 N–H and O–H groups in total. The maximum Gasteiger partial charge on any atom is 0.508 e. The molecule has 0 aromatic heterocycles. The number of rotatable bonds is 35. The highest BCUT2D eigenvalue weighted by Crippen LogP contribution is 2.18. The van der Waals surface area contributed by atoms with Crippen LogP contribution in [0.5, 0.6) is 0 Å². The van der Waals surface area contributed by atoms with E-state index in [-0.39, 0.29) is 50.8 Å². The third kappa shape index (κ3) is 30.5. The van der Waals surface area contributed by atoms with Crippen LogP contribution in [0.25, 0.3) is 0 Å². The summed E-state index contributed by atoms with van der Waals surface area (Å²) in [6.45, 7) is 14.1. The predicted molar refractivity (Wildman–Crippen MR) is 199 cm³/mol. The van der Waals surface area contributed by atoms with E-state index >= 15 is 0 Å². The third-order valence-corrected chi connectivity index (χ3v) is 9.04. The molecule has 294 valence electrons. The minimum Gasteiger partial charge on any atom is -0.465 e. The van der Waals surface area contributed by atoms with Gasteiger partial charge in [0, 0.05) is 25.8 Å². The van der Waals surface area contributed by atoms with E-state index in [1.807, 2.05) is 0 Å². The number of carbonyl (C=O) groups excluding carboxylic acids is 4. The van der Waals surface area contributed by atoms with Crippen LogP contribution in [0, 0.1) is 11.8 Å². The molecule has 0 saturated carbocycles. The van der Waals surface area contributed by atoms with Crippen molar-refractivity contribution in [2.75, 3.05) is 52.7 Å². The highest BCUT2D eigenvalue weighted by Gasteiger charge is 2.19. The van der Waals surface area contributed by atoms with Gasteiger partial charge in [-0.3, -0.25) is 14.4 Å². The number of hydrogen-bond donors (Lipinski definition) is 0. The molecule has 0 rings (SSSR count). The number of ether oxygens (including phenoxy) is 5. The predicted octanol–water partition coefficient (Wildman–Crippen LogP) is 9.60. The Morgan fingerprint density at radius 3 is 1.38 bits per heavy atom. The maximum absolute atomic E-state index is 12.5. The van der Waals surface area contributed by atoms with E-state index in [0.29, 0.717) is 51.0 Å². The quantitative estimate of drug-likeness (QED) is 0.0357. The first-order valence-electron chi connectivity index (χ1n) is 20.3. The Hall–Kier alpha value is -2.36. The SMILES string of the molecule is CCCCCCCCC(=O)OCC(COC(=O)CCCCCC(=O)OCC(CCCC)CCCCCC)COC(=O)OCCCN(CC)CC. The molecule has 0 heterocycles. The Morgan fingerprint density at radius 2 is 0.860 bits per heavy atom. The van der Waals surface area contributed by atoms with Crippen molar-refractivity contribution in [3.8, 4) is 0 Å². The van der Waals surface area contributed by atoms with E-state index in [1.54, 1.807) is 0 Å². The Balaban J connectivity index is 4.53. The van der Waals surface area contributed by atoms with Crippen LogP contribution in [0.15, 0.2) is 0 Å². The Labute approximate surface area is 305 Å². The van der Waals surface area contributed by atoms with Crippen LogP contribution in [0.4, 0.5) is 4.79 Å². The summed E-state index contributed by atoms with van der Waals surface area (Å²) in [7, 11) is 0. The summed E-state index contributed by atoms with van der Waals surface area (Å²) in [6.07, 6.45) is 18.6. The van der Waals surface area contributed by atoms with E-state index < -0.39 is 12.1 Å². The summed E-state index contributed by atoms with van der Waals surface area (Å²) in [5.74, 6) is -0.913. The van der Waals surface area contributed by atoms with Gasteiger partial charge >= 0.3 is 24.1 Å². The van der Waals surface area contributed by atoms with E-state index in [9.17, 15) is 19.2 Å². The molecule has 2 atom stereocenters. The van der Waals surface area contributed by atoms with Crippen LogP contribution in [-0.4, -0.2) is 81.6 Å². The topological polar surface area (TPSA) is 118 Å². The van der Waals surface area contributed by atoms with Gasteiger partial charge in [-0.25, -0.2) is 4.79 Å². The van der Waals surface area contributed by atoms with Crippen LogP contribution in [-0.2, 0) is 38.1 Å². The largest absolute Gasteiger partial charge is 0.508 e. The van der Waals surface area contributed by atoms with Crippen LogP contribution >= 0.6 is 0 Å². The molecule has 0 aromatic rings. The zero-order valence-electron chi connectivity index (χ0n) is 32.8.